The molecule has 4 aliphatic carbocycles. The van der Waals surface area contributed by atoms with Crippen molar-refractivity contribution in [1.82, 2.24) is 0 Å². The molecule has 4 heterocycles. The van der Waals surface area contributed by atoms with Crippen LogP contribution in [0.5, 0.6) is 0 Å². The molecule has 23 heteroatoms. The van der Waals surface area contributed by atoms with Crippen LogP contribution < -0.4 is 0 Å². The molecule has 23 nitrogen and oxygen atoms in total. The van der Waals surface area contributed by atoms with Crippen molar-refractivity contribution in [2.45, 2.75) is 234 Å². The van der Waals surface area contributed by atoms with E-state index in [2.05, 4.69) is 19.9 Å². The van der Waals surface area contributed by atoms with Crippen molar-refractivity contribution in [3.8, 4) is 0 Å². The Hall–Kier alpha value is -1.92. The normalized spacial score (nSPS) is 51.0. The van der Waals surface area contributed by atoms with Crippen LogP contribution in [0.15, 0.2) is 11.6 Å². The highest BCUT2D eigenvalue weighted by Crippen LogP contribution is 2.67. The molecule has 7 fully saturated rings. The second-order valence-electron chi connectivity index (χ2n) is 23.1. The van der Waals surface area contributed by atoms with Gasteiger partial charge in [0.25, 0.3) is 0 Å². The summed E-state index contributed by atoms with van der Waals surface area (Å²) in [7, 11) is 0. The molecule has 4 aliphatic heterocycles. The lowest BCUT2D eigenvalue weighted by atomic mass is 9.47. The van der Waals surface area contributed by atoms with Gasteiger partial charge in [0.2, 0.25) is 0 Å². The lowest BCUT2D eigenvalue weighted by Gasteiger charge is -2.58. The van der Waals surface area contributed by atoms with Crippen molar-refractivity contribution in [1.29, 1.82) is 0 Å². The molecule has 4 saturated heterocycles. The van der Waals surface area contributed by atoms with Crippen LogP contribution in [0.4, 0.5) is 0 Å². The van der Waals surface area contributed by atoms with Gasteiger partial charge in [-0.2, -0.15) is 0 Å². The van der Waals surface area contributed by atoms with E-state index in [0.29, 0.717) is 32.1 Å². The summed E-state index contributed by atoms with van der Waals surface area (Å²) in [5.74, 6) is -0.639. The zero-order valence-electron chi connectivity index (χ0n) is 43.0. The van der Waals surface area contributed by atoms with Crippen molar-refractivity contribution in [2.24, 2.45) is 40.4 Å². The minimum absolute atomic E-state index is 0.0249. The predicted molar refractivity (Wildman–Crippen MR) is 250 cm³/mol. The number of aliphatic hydroxyl groups is 12. The van der Waals surface area contributed by atoms with Gasteiger partial charge in [0, 0.05) is 6.42 Å². The van der Waals surface area contributed by atoms with E-state index in [0.717, 1.165) is 19.3 Å². The molecule has 0 spiro atoms. The van der Waals surface area contributed by atoms with Gasteiger partial charge in [-0.05, 0) is 107 Å². The molecule has 0 bridgehead atoms. The van der Waals surface area contributed by atoms with Crippen molar-refractivity contribution < 1.29 is 113 Å². The van der Waals surface area contributed by atoms with E-state index in [1.165, 1.54) is 19.4 Å². The van der Waals surface area contributed by atoms with E-state index in [1.807, 2.05) is 6.92 Å². The van der Waals surface area contributed by atoms with E-state index in [4.69, 9.17) is 42.6 Å². The number of aliphatic hydroxyl groups excluding tert-OH is 12. The number of carbonyl (C=O) groups is 2. The Balaban J connectivity index is 0.923. The summed E-state index contributed by atoms with van der Waals surface area (Å²) in [5, 5.41) is 126. The van der Waals surface area contributed by atoms with Gasteiger partial charge >= 0.3 is 5.97 Å². The average Bonchev–Trinajstić information content (AvgIpc) is 3.67. The molecule has 8 aliphatic rings. The first-order chi connectivity index (χ1) is 34.9. The quantitative estimate of drug-likeness (QED) is 0.0576. The van der Waals surface area contributed by atoms with Crippen LogP contribution in [0, 0.1) is 40.4 Å². The molecule has 1 unspecified atom stereocenters. The van der Waals surface area contributed by atoms with Crippen LogP contribution in [-0.2, 0) is 52.2 Å². The molecule has 29 atom stereocenters. The number of ketones is 1. The minimum Gasteiger partial charge on any atom is -0.462 e. The second kappa shape index (κ2) is 23.4. The van der Waals surface area contributed by atoms with Gasteiger partial charge < -0.3 is 104 Å². The first-order valence-electron chi connectivity index (χ1n) is 26.6. The van der Waals surface area contributed by atoms with Crippen LogP contribution in [0.3, 0.4) is 0 Å². The lowest BCUT2D eigenvalue weighted by Crippen LogP contribution is -2.66. The number of fused-ring (bicyclic) bond motifs is 5. The van der Waals surface area contributed by atoms with Gasteiger partial charge in [0.15, 0.2) is 25.2 Å². The summed E-state index contributed by atoms with van der Waals surface area (Å²) >= 11 is 0. The molecule has 3 saturated carbocycles. The van der Waals surface area contributed by atoms with Gasteiger partial charge in [-0.1, -0.05) is 32.4 Å². The fourth-order valence-electron chi connectivity index (χ4n) is 13.9. The van der Waals surface area contributed by atoms with Gasteiger partial charge in [0.1, 0.15) is 97.3 Å². The molecule has 8 rings (SSSR count). The number of Topliss-reactive ketones (excluding diaryl/α,β-unsaturated/α-hetero) is 1. The van der Waals surface area contributed by atoms with E-state index >= 15 is 0 Å². The summed E-state index contributed by atoms with van der Waals surface area (Å²) in [6, 6.07) is 0. The highest BCUT2D eigenvalue weighted by atomic mass is 16.8. The Bertz CT molecular complexity index is 1940. The Morgan fingerprint density at radius 3 is 1.86 bits per heavy atom. The van der Waals surface area contributed by atoms with Gasteiger partial charge in [-0.3, -0.25) is 9.59 Å². The average molecular weight is 1060 g/mol. The standard InChI is InChI=1S/C51H82O23/c1-20(19-66-46-40(62)39(61)36(58)30(17-52)71-46)7-10-32(55)70-29-16-28-26-9-8-24-15-25(11-13-50(24,5)27(26)12-14-51(28,6)33(29)21(2)54)69-49-45(74-48-42(64)38(60)35(57)23(4)68-48)43(65)44(31(18-53)72-49)73-47-41(63)37(59)34(56)22(3)67-47/h8,20,22-23,25-31,33-49,52-53,56-65H,7,9-19H2,1-6H3/t20-,22-,23-,25-,26+,27?,28-,29-,30+,31+,33-,34-,35-,36+,37+,38+,39-,40+,41+,42+,43-,44+,45+,46-,47-,48-,49+,50-,51-/m0/s1. The number of hydrogen-bond acceptors (Lipinski definition) is 23. The smallest absolute Gasteiger partial charge is 0.306 e. The van der Waals surface area contributed by atoms with Gasteiger partial charge in [-0.25, -0.2) is 0 Å². The predicted octanol–water partition coefficient (Wildman–Crippen LogP) is -2.20. The van der Waals surface area contributed by atoms with Crippen LogP contribution in [-0.4, -0.2) is 228 Å². The first kappa shape index (κ1) is 58.2. The molecule has 0 aromatic rings. The number of esters is 1. The molecule has 0 amide bonds. The van der Waals surface area contributed by atoms with E-state index in [9.17, 15) is 70.9 Å². The molecular weight excluding hydrogens is 981 g/mol. The van der Waals surface area contributed by atoms with E-state index in [-0.39, 0.29) is 47.9 Å². The van der Waals surface area contributed by atoms with Crippen molar-refractivity contribution in [3.05, 3.63) is 11.6 Å². The molecule has 74 heavy (non-hydrogen) atoms. The summed E-state index contributed by atoms with van der Waals surface area (Å²) in [6.07, 6.45) is -23.3. The molecule has 0 radical (unpaired) electrons. The van der Waals surface area contributed by atoms with Crippen LogP contribution in [0.1, 0.15) is 99.3 Å². The summed E-state index contributed by atoms with van der Waals surface area (Å²) in [6.45, 7) is 9.50. The number of ether oxygens (including phenoxy) is 9. The molecule has 12 N–H and O–H groups in total. The number of allylic oxidation sites excluding steroid dienone is 1. The van der Waals surface area contributed by atoms with E-state index in [1.54, 1.807) is 6.92 Å². The van der Waals surface area contributed by atoms with E-state index < -0.39 is 166 Å². The first-order valence-corrected chi connectivity index (χ1v) is 26.6. The third-order valence-corrected chi connectivity index (χ3v) is 18.3. The fraction of sp³-hybridized carbons (Fsp3) is 0.922. The maximum Gasteiger partial charge on any atom is 0.306 e. The molecular formula is C51H82O23. The number of hydrogen-bond donors (Lipinski definition) is 12. The highest BCUT2D eigenvalue weighted by molar-refractivity contribution is 5.81. The highest BCUT2D eigenvalue weighted by Gasteiger charge is 2.64. The SMILES string of the molecule is CC(=O)[C@H]1[C@@H](OC(=O)CC[C@H](C)CO[C@H]2O[C@H](CO)[C@@H](O)[C@H](O)[C@H]2O)C[C@H]2[C@@H]3CC=C4C[C@@H](O[C@@H]5O[C@H](CO)[C@@H](O[C@@H]6O[C@@H](C)[C@H](O)[C@@H](O)[C@H]6O)[C@H](O)[C@H]5O[C@@H]5O[C@@H](C)[C@H](O)[C@@H](O)[C@H]5O)CC[C@]4(C)C3CC[C@@]21C. The fourth-order valence-corrected chi connectivity index (χ4v) is 13.9. The summed E-state index contributed by atoms with van der Waals surface area (Å²) in [5.41, 5.74) is 0.515. The van der Waals surface area contributed by atoms with Crippen molar-refractivity contribution in [2.75, 3.05) is 19.8 Å². The lowest BCUT2D eigenvalue weighted by molar-refractivity contribution is -0.388. The Labute approximate surface area is 430 Å². The van der Waals surface area contributed by atoms with Gasteiger partial charge in [0.05, 0.1) is 44.1 Å². The van der Waals surface area contributed by atoms with Crippen LogP contribution in [0.2, 0.25) is 0 Å². The molecule has 424 valence electrons. The maximum absolute atomic E-state index is 13.5. The number of carbonyl (C=O) groups excluding carboxylic acids is 2. The summed E-state index contributed by atoms with van der Waals surface area (Å²) in [4.78, 5) is 27.0. The topological polar surface area (TPSA) is 360 Å². The molecule has 0 aromatic carbocycles. The molecule has 0 aromatic heterocycles. The third-order valence-electron chi connectivity index (χ3n) is 18.3. The zero-order chi connectivity index (χ0) is 53.9. The summed E-state index contributed by atoms with van der Waals surface area (Å²) < 4.78 is 53.8. The van der Waals surface area contributed by atoms with Crippen LogP contribution in [0.25, 0.3) is 0 Å². The van der Waals surface area contributed by atoms with Crippen molar-refractivity contribution >= 4 is 11.8 Å². The zero-order valence-corrected chi connectivity index (χ0v) is 43.0. The van der Waals surface area contributed by atoms with Crippen LogP contribution >= 0.6 is 0 Å². The monoisotopic (exact) mass is 1060 g/mol. The largest absolute Gasteiger partial charge is 0.462 e. The second-order valence-corrected chi connectivity index (χ2v) is 23.1. The number of rotatable bonds is 16. The van der Waals surface area contributed by atoms with Crippen molar-refractivity contribution in [3.63, 3.8) is 0 Å². The van der Waals surface area contributed by atoms with Gasteiger partial charge in [-0.15, -0.1) is 0 Å². The third kappa shape index (κ3) is 11.2. The Morgan fingerprint density at radius 1 is 0.676 bits per heavy atom. The Morgan fingerprint density at radius 2 is 1.26 bits per heavy atom. The maximum atomic E-state index is 13.5. The minimum atomic E-state index is -1.77. The Kier molecular flexibility index (Phi) is 18.4.